The average Bonchev–Trinajstić information content (AvgIpc) is 2.33. The van der Waals surface area contributed by atoms with Crippen LogP contribution < -0.4 is 15.2 Å². The average molecular weight is 266 g/mol. The summed E-state index contributed by atoms with van der Waals surface area (Å²) < 4.78 is 10.8. The van der Waals surface area contributed by atoms with Gasteiger partial charge in [-0.3, -0.25) is 0 Å². The second-order valence-corrected chi connectivity index (χ2v) is 4.05. The number of hydrogen-bond acceptors (Lipinski definition) is 5. The van der Waals surface area contributed by atoms with E-state index in [2.05, 4.69) is 9.97 Å². The highest BCUT2D eigenvalue weighted by molar-refractivity contribution is 6.30. The number of ether oxygens (including phenoxy) is 2. The van der Waals surface area contributed by atoms with Crippen molar-refractivity contribution in [1.82, 2.24) is 9.97 Å². The summed E-state index contributed by atoms with van der Waals surface area (Å²) in [7, 11) is 1.48. The van der Waals surface area contributed by atoms with Crippen LogP contribution in [0.2, 0.25) is 5.02 Å². The zero-order valence-electron chi connectivity index (χ0n) is 9.98. The van der Waals surface area contributed by atoms with Crippen molar-refractivity contribution in [2.24, 2.45) is 0 Å². The summed E-state index contributed by atoms with van der Waals surface area (Å²) in [6, 6.07) is 5.30. The Morgan fingerprint density at radius 3 is 2.72 bits per heavy atom. The summed E-state index contributed by atoms with van der Waals surface area (Å²) in [6.45, 7) is 1.89. The Labute approximate surface area is 110 Å². The van der Waals surface area contributed by atoms with Gasteiger partial charge in [-0.2, -0.15) is 4.98 Å². The predicted octanol–water partition coefficient (Wildman–Crippen LogP) is 2.82. The number of anilines is 1. The minimum absolute atomic E-state index is 0.231. The third-order valence-electron chi connectivity index (χ3n) is 2.35. The molecule has 0 saturated carbocycles. The van der Waals surface area contributed by atoms with E-state index in [0.717, 1.165) is 5.56 Å². The maximum absolute atomic E-state index is 5.88. The van der Waals surface area contributed by atoms with Crippen molar-refractivity contribution in [2.75, 3.05) is 12.8 Å². The zero-order valence-corrected chi connectivity index (χ0v) is 10.7. The SMILES string of the molecule is COc1c(N)ncnc1Oc1ccc(Cl)cc1C. The lowest BCUT2D eigenvalue weighted by Gasteiger charge is -2.11. The summed E-state index contributed by atoms with van der Waals surface area (Å²) in [5.74, 6) is 1.45. The van der Waals surface area contributed by atoms with Gasteiger partial charge in [-0.1, -0.05) is 11.6 Å². The van der Waals surface area contributed by atoms with E-state index in [-0.39, 0.29) is 11.7 Å². The number of nitrogen functional groups attached to an aromatic ring is 1. The molecular formula is C12H12ClN3O2. The van der Waals surface area contributed by atoms with Gasteiger partial charge in [0.05, 0.1) is 7.11 Å². The summed E-state index contributed by atoms with van der Waals surface area (Å²) in [5.41, 5.74) is 6.56. The van der Waals surface area contributed by atoms with Crippen molar-refractivity contribution in [2.45, 2.75) is 6.92 Å². The van der Waals surface area contributed by atoms with Crippen molar-refractivity contribution < 1.29 is 9.47 Å². The van der Waals surface area contributed by atoms with Gasteiger partial charge in [0.1, 0.15) is 12.1 Å². The van der Waals surface area contributed by atoms with Crippen LogP contribution in [-0.4, -0.2) is 17.1 Å². The first-order valence-corrected chi connectivity index (χ1v) is 5.58. The van der Waals surface area contributed by atoms with E-state index in [4.69, 9.17) is 26.8 Å². The Bertz CT molecular complexity index is 575. The van der Waals surface area contributed by atoms with E-state index < -0.39 is 0 Å². The number of methoxy groups -OCH3 is 1. The van der Waals surface area contributed by atoms with Gasteiger partial charge in [0.25, 0.3) is 5.88 Å². The lowest BCUT2D eigenvalue weighted by atomic mass is 10.2. The number of hydrogen-bond donors (Lipinski definition) is 1. The maximum atomic E-state index is 5.88. The molecule has 0 amide bonds. The number of nitrogens with two attached hydrogens (primary N) is 1. The summed E-state index contributed by atoms with van der Waals surface area (Å²) in [4.78, 5) is 7.83. The van der Waals surface area contributed by atoms with Crippen molar-refractivity contribution in [1.29, 1.82) is 0 Å². The quantitative estimate of drug-likeness (QED) is 0.924. The Morgan fingerprint density at radius 2 is 2.06 bits per heavy atom. The molecule has 0 saturated heterocycles. The molecule has 1 aromatic heterocycles. The van der Waals surface area contributed by atoms with Crippen molar-refractivity contribution in [3.05, 3.63) is 35.1 Å². The van der Waals surface area contributed by atoms with Crippen LogP contribution in [0, 0.1) is 6.92 Å². The highest BCUT2D eigenvalue weighted by Crippen LogP contribution is 2.34. The molecule has 94 valence electrons. The number of aromatic nitrogens is 2. The Hall–Kier alpha value is -2.01. The summed E-state index contributed by atoms with van der Waals surface area (Å²) in [5, 5.41) is 0.647. The van der Waals surface area contributed by atoms with E-state index >= 15 is 0 Å². The molecule has 2 N–H and O–H groups in total. The van der Waals surface area contributed by atoms with Crippen molar-refractivity contribution in [3.63, 3.8) is 0 Å². The van der Waals surface area contributed by atoms with E-state index in [1.54, 1.807) is 18.2 Å². The Balaban J connectivity index is 2.37. The fourth-order valence-electron chi connectivity index (χ4n) is 1.47. The first kappa shape index (κ1) is 12.4. The summed E-state index contributed by atoms with van der Waals surface area (Å²) >= 11 is 5.88. The number of aryl methyl sites for hydroxylation is 1. The Morgan fingerprint density at radius 1 is 1.28 bits per heavy atom. The molecule has 5 nitrogen and oxygen atoms in total. The highest BCUT2D eigenvalue weighted by atomic mass is 35.5. The maximum Gasteiger partial charge on any atom is 0.268 e. The number of rotatable bonds is 3. The molecular weight excluding hydrogens is 254 g/mol. The molecule has 0 spiro atoms. The lowest BCUT2D eigenvalue weighted by Crippen LogP contribution is -2.00. The zero-order chi connectivity index (χ0) is 13.1. The van der Waals surface area contributed by atoms with Crippen LogP contribution in [-0.2, 0) is 0 Å². The molecule has 0 radical (unpaired) electrons. The number of halogens is 1. The van der Waals surface area contributed by atoms with Crippen LogP contribution in [0.25, 0.3) is 0 Å². The van der Waals surface area contributed by atoms with Gasteiger partial charge in [-0.05, 0) is 30.7 Å². The highest BCUT2D eigenvalue weighted by Gasteiger charge is 2.12. The van der Waals surface area contributed by atoms with Crippen molar-refractivity contribution in [3.8, 4) is 17.4 Å². The molecule has 2 rings (SSSR count). The third kappa shape index (κ3) is 2.46. The standard InChI is InChI=1S/C12H12ClN3O2/c1-7-5-8(13)3-4-9(7)18-12-10(17-2)11(14)15-6-16-12/h3-6H,1-2H3,(H2,14,15,16). The van der Waals surface area contributed by atoms with Gasteiger partial charge in [-0.15, -0.1) is 0 Å². The number of benzene rings is 1. The summed E-state index contributed by atoms with van der Waals surface area (Å²) in [6.07, 6.45) is 1.32. The molecule has 2 aromatic rings. The molecule has 0 bridgehead atoms. The van der Waals surface area contributed by atoms with Gasteiger partial charge in [0, 0.05) is 5.02 Å². The molecule has 0 unspecified atom stereocenters. The first-order valence-electron chi connectivity index (χ1n) is 5.20. The smallest absolute Gasteiger partial charge is 0.268 e. The fraction of sp³-hybridized carbons (Fsp3) is 0.167. The van der Waals surface area contributed by atoms with Crippen LogP contribution in [0.4, 0.5) is 5.82 Å². The second-order valence-electron chi connectivity index (χ2n) is 3.61. The molecule has 18 heavy (non-hydrogen) atoms. The van der Waals surface area contributed by atoms with Crippen LogP contribution in [0.1, 0.15) is 5.56 Å². The predicted molar refractivity (Wildman–Crippen MR) is 69.3 cm³/mol. The lowest BCUT2D eigenvalue weighted by molar-refractivity contribution is 0.368. The van der Waals surface area contributed by atoms with Crippen LogP contribution >= 0.6 is 11.6 Å². The molecule has 0 atom stereocenters. The van der Waals surface area contributed by atoms with Crippen LogP contribution in [0.3, 0.4) is 0 Å². The second kappa shape index (κ2) is 5.10. The first-order chi connectivity index (χ1) is 8.61. The van der Waals surface area contributed by atoms with Crippen LogP contribution in [0.15, 0.2) is 24.5 Å². The van der Waals surface area contributed by atoms with Gasteiger partial charge in [-0.25, -0.2) is 4.98 Å². The van der Waals surface area contributed by atoms with Crippen molar-refractivity contribution >= 4 is 17.4 Å². The van der Waals surface area contributed by atoms with Gasteiger partial charge in [0.15, 0.2) is 5.82 Å². The molecule has 0 aliphatic carbocycles. The topological polar surface area (TPSA) is 70.3 Å². The molecule has 6 heteroatoms. The van der Waals surface area contributed by atoms with Gasteiger partial charge < -0.3 is 15.2 Å². The molecule has 1 heterocycles. The van der Waals surface area contributed by atoms with E-state index in [1.165, 1.54) is 13.4 Å². The number of nitrogens with zero attached hydrogens (tertiary/aromatic N) is 2. The van der Waals surface area contributed by atoms with Crippen LogP contribution in [0.5, 0.6) is 17.4 Å². The molecule has 1 aromatic carbocycles. The minimum Gasteiger partial charge on any atom is -0.489 e. The Kier molecular flexibility index (Phi) is 3.53. The van der Waals surface area contributed by atoms with E-state index in [1.807, 2.05) is 6.92 Å². The monoisotopic (exact) mass is 265 g/mol. The molecule has 0 fully saturated rings. The molecule has 0 aliphatic rings. The normalized spacial score (nSPS) is 10.2. The van der Waals surface area contributed by atoms with Gasteiger partial charge in [0.2, 0.25) is 5.75 Å². The fourth-order valence-corrected chi connectivity index (χ4v) is 1.69. The third-order valence-corrected chi connectivity index (χ3v) is 2.58. The van der Waals surface area contributed by atoms with E-state index in [9.17, 15) is 0 Å². The minimum atomic E-state index is 0.231. The molecule has 0 aliphatic heterocycles. The largest absolute Gasteiger partial charge is 0.489 e. The van der Waals surface area contributed by atoms with Gasteiger partial charge >= 0.3 is 0 Å². The van der Waals surface area contributed by atoms with E-state index in [0.29, 0.717) is 16.5 Å².